The third-order valence-corrected chi connectivity index (χ3v) is 7.26. The molecule has 1 N–H and O–H groups in total. The van der Waals surface area contributed by atoms with Gasteiger partial charge in [-0.15, -0.1) is 5.10 Å². The Kier molecular flexibility index (Phi) is 7.19. The second kappa shape index (κ2) is 9.96. The fourth-order valence-corrected chi connectivity index (χ4v) is 5.01. The van der Waals surface area contributed by atoms with Crippen LogP contribution in [-0.4, -0.2) is 49.3 Å². The number of benzene rings is 1. The molecule has 8 nitrogen and oxygen atoms in total. The summed E-state index contributed by atoms with van der Waals surface area (Å²) in [5.41, 5.74) is 3.69. The molecule has 3 aromatic rings. The van der Waals surface area contributed by atoms with E-state index in [-0.39, 0.29) is 23.2 Å². The van der Waals surface area contributed by atoms with E-state index in [1.54, 1.807) is 0 Å². The van der Waals surface area contributed by atoms with Gasteiger partial charge in [-0.05, 0) is 86.9 Å². The molecule has 34 heavy (non-hydrogen) atoms. The first-order chi connectivity index (χ1) is 16.2. The normalized spacial score (nSPS) is 17.7. The summed E-state index contributed by atoms with van der Waals surface area (Å²) >= 11 is 0. The Hall–Kier alpha value is -2.58. The number of aromatic amines is 1. The monoisotopic (exact) mass is 466 g/mol. The minimum atomic E-state index is -0.197. The highest BCUT2D eigenvalue weighted by Gasteiger charge is 2.32. The van der Waals surface area contributed by atoms with E-state index in [1.807, 2.05) is 17.7 Å². The third-order valence-electron chi connectivity index (χ3n) is 7.26. The van der Waals surface area contributed by atoms with Gasteiger partial charge in [-0.25, -0.2) is 4.68 Å². The van der Waals surface area contributed by atoms with Gasteiger partial charge in [0.25, 0.3) is 5.56 Å². The average Bonchev–Trinajstić information content (AvgIpc) is 3.48. The molecule has 0 spiro atoms. The first-order valence-corrected chi connectivity index (χ1v) is 12.5. The number of aryl methyl sites for hydroxylation is 2. The summed E-state index contributed by atoms with van der Waals surface area (Å²) < 4.78 is 7.96. The molecule has 3 heterocycles. The van der Waals surface area contributed by atoms with Gasteiger partial charge in [-0.2, -0.15) is 0 Å². The summed E-state index contributed by atoms with van der Waals surface area (Å²) in [6.07, 6.45) is 4.00. The summed E-state index contributed by atoms with van der Waals surface area (Å²) in [7, 11) is 0. The van der Waals surface area contributed by atoms with E-state index in [1.165, 1.54) is 5.56 Å². The molecule has 184 valence electrons. The van der Waals surface area contributed by atoms with Crippen LogP contribution in [0.2, 0.25) is 0 Å². The van der Waals surface area contributed by atoms with Gasteiger partial charge in [-0.1, -0.05) is 25.5 Å². The third kappa shape index (κ3) is 4.93. The highest BCUT2D eigenvalue weighted by atomic mass is 16.5. The standard InChI is InChI=1S/C26H38N6O2/c1-7-22(24-28-29-30-32(24)26(5,6)8-2)31(16-21-10-9-11-34-21)15-20-14-19-13-17(3)12-18(4)23(19)27-25(20)33/h12-14,21-22H,7-11,15-16H2,1-6H3,(H,27,33)/t21-,22-/m1/s1. The fourth-order valence-electron chi connectivity index (χ4n) is 5.01. The van der Waals surface area contributed by atoms with Gasteiger partial charge in [-0.3, -0.25) is 9.69 Å². The Morgan fingerprint density at radius 2 is 2.06 bits per heavy atom. The summed E-state index contributed by atoms with van der Waals surface area (Å²) in [5.74, 6) is 0.844. The zero-order valence-electron chi connectivity index (χ0n) is 21.4. The number of hydrogen-bond donors (Lipinski definition) is 1. The van der Waals surface area contributed by atoms with Gasteiger partial charge in [0.15, 0.2) is 5.82 Å². The van der Waals surface area contributed by atoms with Crippen LogP contribution in [0.1, 0.15) is 81.9 Å². The van der Waals surface area contributed by atoms with Crippen LogP contribution in [0.4, 0.5) is 0 Å². The molecule has 1 aliphatic heterocycles. The van der Waals surface area contributed by atoms with Crippen molar-refractivity contribution in [2.45, 2.75) is 91.5 Å². The predicted molar refractivity (Wildman–Crippen MR) is 134 cm³/mol. The molecule has 0 unspecified atom stereocenters. The molecular formula is C26H38N6O2. The van der Waals surface area contributed by atoms with E-state index in [0.29, 0.717) is 6.54 Å². The lowest BCUT2D eigenvalue weighted by atomic mass is 10.0. The molecule has 4 rings (SSSR count). The van der Waals surface area contributed by atoms with E-state index < -0.39 is 0 Å². The molecule has 1 aromatic carbocycles. The lowest BCUT2D eigenvalue weighted by Gasteiger charge is -2.34. The van der Waals surface area contributed by atoms with Crippen molar-refractivity contribution >= 4 is 10.9 Å². The number of pyridine rings is 1. The van der Waals surface area contributed by atoms with Crippen molar-refractivity contribution in [2.75, 3.05) is 13.2 Å². The van der Waals surface area contributed by atoms with Crippen molar-refractivity contribution in [3.63, 3.8) is 0 Å². The number of tetrazole rings is 1. The van der Waals surface area contributed by atoms with Gasteiger partial charge in [0.2, 0.25) is 0 Å². The molecule has 0 saturated carbocycles. The maximum absolute atomic E-state index is 13.2. The molecule has 2 atom stereocenters. The van der Waals surface area contributed by atoms with Crippen molar-refractivity contribution in [1.29, 1.82) is 0 Å². The second-order valence-corrected chi connectivity index (χ2v) is 10.3. The van der Waals surface area contributed by atoms with Gasteiger partial charge in [0, 0.05) is 25.3 Å². The lowest BCUT2D eigenvalue weighted by molar-refractivity contribution is 0.0475. The van der Waals surface area contributed by atoms with Crippen LogP contribution < -0.4 is 5.56 Å². The number of fused-ring (bicyclic) bond motifs is 1. The molecule has 0 amide bonds. The van der Waals surface area contributed by atoms with E-state index in [0.717, 1.165) is 66.7 Å². The number of rotatable bonds is 9. The van der Waals surface area contributed by atoms with E-state index in [2.05, 4.69) is 72.2 Å². The number of nitrogens with one attached hydrogen (secondary N) is 1. The molecule has 1 aliphatic rings. The molecule has 1 saturated heterocycles. The quantitative estimate of drug-likeness (QED) is 0.503. The summed E-state index contributed by atoms with van der Waals surface area (Å²) in [4.78, 5) is 18.6. The molecule has 0 bridgehead atoms. The number of nitrogens with zero attached hydrogens (tertiary/aromatic N) is 5. The molecule has 0 aliphatic carbocycles. The Labute approximate surface area is 201 Å². The molecular weight excluding hydrogens is 428 g/mol. The molecule has 8 heteroatoms. The first kappa shape index (κ1) is 24.5. The largest absolute Gasteiger partial charge is 0.377 e. The molecule has 2 aromatic heterocycles. The molecule has 1 fully saturated rings. The van der Waals surface area contributed by atoms with Crippen LogP contribution in [0.25, 0.3) is 10.9 Å². The minimum absolute atomic E-state index is 0.0284. The number of hydrogen-bond acceptors (Lipinski definition) is 6. The summed E-state index contributed by atoms with van der Waals surface area (Å²) in [5, 5.41) is 13.9. The highest BCUT2D eigenvalue weighted by molar-refractivity contribution is 5.82. The SMILES string of the molecule is CC[C@H](c1nnnn1C(C)(C)CC)N(Cc1cc2cc(C)cc(C)c2[nH]c1=O)C[C@H]1CCCO1. The Bertz CT molecular complexity index is 1190. The van der Waals surface area contributed by atoms with E-state index in [4.69, 9.17) is 4.74 Å². The maximum atomic E-state index is 13.2. The van der Waals surface area contributed by atoms with Crippen LogP contribution in [-0.2, 0) is 16.8 Å². The van der Waals surface area contributed by atoms with Crippen molar-refractivity contribution in [2.24, 2.45) is 0 Å². The summed E-state index contributed by atoms with van der Waals surface area (Å²) in [6.45, 7) is 14.8. The van der Waals surface area contributed by atoms with Crippen LogP contribution in [0.3, 0.4) is 0 Å². The smallest absolute Gasteiger partial charge is 0.252 e. The average molecular weight is 467 g/mol. The van der Waals surface area contributed by atoms with Crippen molar-refractivity contribution in [3.05, 3.63) is 51.1 Å². The van der Waals surface area contributed by atoms with Crippen LogP contribution in [0.15, 0.2) is 23.0 Å². The zero-order chi connectivity index (χ0) is 24.5. The second-order valence-electron chi connectivity index (χ2n) is 10.3. The van der Waals surface area contributed by atoms with Crippen molar-refractivity contribution in [1.82, 2.24) is 30.1 Å². The Morgan fingerprint density at radius 1 is 1.26 bits per heavy atom. The predicted octanol–water partition coefficient (Wildman–Crippen LogP) is 4.41. The van der Waals surface area contributed by atoms with Crippen LogP contribution >= 0.6 is 0 Å². The first-order valence-electron chi connectivity index (χ1n) is 12.5. The summed E-state index contributed by atoms with van der Waals surface area (Å²) in [6, 6.07) is 6.25. The van der Waals surface area contributed by atoms with Crippen molar-refractivity contribution in [3.8, 4) is 0 Å². The van der Waals surface area contributed by atoms with E-state index >= 15 is 0 Å². The molecule has 0 radical (unpaired) electrons. The van der Waals surface area contributed by atoms with Gasteiger partial charge in [0.05, 0.1) is 23.2 Å². The van der Waals surface area contributed by atoms with E-state index in [9.17, 15) is 4.79 Å². The zero-order valence-corrected chi connectivity index (χ0v) is 21.4. The van der Waals surface area contributed by atoms with Crippen molar-refractivity contribution < 1.29 is 4.74 Å². The minimum Gasteiger partial charge on any atom is -0.377 e. The fraction of sp³-hybridized carbons (Fsp3) is 0.615. The number of H-pyrrole nitrogens is 1. The number of ether oxygens (including phenoxy) is 1. The highest BCUT2D eigenvalue weighted by Crippen LogP contribution is 2.30. The van der Waals surface area contributed by atoms with Gasteiger partial charge in [0.1, 0.15) is 0 Å². The number of aromatic nitrogens is 5. The maximum Gasteiger partial charge on any atom is 0.252 e. The topological polar surface area (TPSA) is 88.9 Å². The lowest BCUT2D eigenvalue weighted by Crippen LogP contribution is -2.39. The Balaban J connectivity index is 1.74. The van der Waals surface area contributed by atoms with Gasteiger partial charge < -0.3 is 9.72 Å². The Morgan fingerprint density at radius 3 is 2.74 bits per heavy atom. The van der Waals surface area contributed by atoms with Gasteiger partial charge >= 0.3 is 0 Å². The van der Waals surface area contributed by atoms with Crippen LogP contribution in [0, 0.1) is 13.8 Å². The van der Waals surface area contributed by atoms with Crippen LogP contribution in [0.5, 0.6) is 0 Å².